The van der Waals surface area contributed by atoms with Gasteiger partial charge in [-0.15, -0.1) is 0 Å². The summed E-state index contributed by atoms with van der Waals surface area (Å²) < 4.78 is 16.2. The molecule has 2 heterocycles. The molecule has 0 amide bonds. The second-order valence-corrected chi connectivity index (χ2v) is 5.48. The van der Waals surface area contributed by atoms with Crippen LogP contribution in [0, 0.1) is 0 Å². The van der Waals surface area contributed by atoms with Gasteiger partial charge in [0.1, 0.15) is 5.75 Å². The molecule has 0 saturated carbocycles. The molecule has 0 saturated heterocycles. The van der Waals surface area contributed by atoms with E-state index < -0.39 is 0 Å². The molecule has 0 bridgehead atoms. The number of fused-ring (bicyclic) bond motifs is 2. The van der Waals surface area contributed by atoms with Gasteiger partial charge in [-0.25, -0.2) is 0 Å². The second-order valence-electron chi connectivity index (χ2n) is 5.48. The summed E-state index contributed by atoms with van der Waals surface area (Å²) in [5, 5.41) is 4.64. The van der Waals surface area contributed by atoms with Crippen LogP contribution in [0.25, 0.3) is 10.9 Å². The zero-order valence-electron chi connectivity index (χ0n) is 12.9. The molecule has 0 fully saturated rings. The van der Waals surface area contributed by atoms with Gasteiger partial charge in [0.2, 0.25) is 6.79 Å². The number of aromatic amines is 1. The summed E-state index contributed by atoms with van der Waals surface area (Å²) >= 11 is 0. The van der Waals surface area contributed by atoms with Crippen LogP contribution in [0.5, 0.6) is 17.2 Å². The SMILES string of the molecule is COc1ccc2[nH]cc(CNCc3cccc4c3OCO4)c2c1. The number of para-hydroxylation sites is 1. The van der Waals surface area contributed by atoms with Gasteiger partial charge in [-0.3, -0.25) is 0 Å². The highest BCUT2D eigenvalue weighted by Gasteiger charge is 2.16. The Morgan fingerprint density at radius 1 is 1.13 bits per heavy atom. The third kappa shape index (κ3) is 2.59. The van der Waals surface area contributed by atoms with Gasteiger partial charge >= 0.3 is 0 Å². The molecule has 5 nitrogen and oxygen atoms in total. The normalized spacial score (nSPS) is 12.7. The van der Waals surface area contributed by atoms with Gasteiger partial charge in [0.15, 0.2) is 11.5 Å². The van der Waals surface area contributed by atoms with Crippen molar-refractivity contribution >= 4 is 10.9 Å². The minimum atomic E-state index is 0.300. The summed E-state index contributed by atoms with van der Waals surface area (Å²) in [5.41, 5.74) is 3.43. The molecule has 3 aromatic rings. The largest absolute Gasteiger partial charge is 0.497 e. The lowest BCUT2D eigenvalue weighted by Crippen LogP contribution is -2.12. The van der Waals surface area contributed by atoms with Crippen molar-refractivity contribution in [1.82, 2.24) is 10.3 Å². The maximum atomic E-state index is 5.53. The predicted molar refractivity (Wildman–Crippen MR) is 88.0 cm³/mol. The Morgan fingerprint density at radius 2 is 2.04 bits per heavy atom. The van der Waals surface area contributed by atoms with Crippen molar-refractivity contribution in [3.63, 3.8) is 0 Å². The standard InChI is InChI=1S/C18H18N2O3/c1-21-14-5-6-16-15(7-14)13(10-20-16)9-19-8-12-3-2-4-17-18(12)23-11-22-17/h2-7,10,19-20H,8-9,11H2,1H3. The first-order chi connectivity index (χ1) is 11.3. The summed E-state index contributed by atoms with van der Waals surface area (Å²) in [6.45, 7) is 1.79. The van der Waals surface area contributed by atoms with Crippen LogP contribution in [0.2, 0.25) is 0 Å². The number of methoxy groups -OCH3 is 1. The quantitative estimate of drug-likeness (QED) is 0.760. The molecule has 0 spiro atoms. The van der Waals surface area contributed by atoms with Crippen molar-refractivity contribution < 1.29 is 14.2 Å². The lowest BCUT2D eigenvalue weighted by Gasteiger charge is -2.07. The van der Waals surface area contributed by atoms with Gasteiger partial charge in [-0.2, -0.15) is 0 Å². The highest BCUT2D eigenvalue weighted by molar-refractivity contribution is 5.84. The van der Waals surface area contributed by atoms with Gasteiger partial charge < -0.3 is 24.5 Å². The molecule has 0 radical (unpaired) electrons. The Morgan fingerprint density at radius 3 is 2.96 bits per heavy atom. The first-order valence-corrected chi connectivity index (χ1v) is 7.57. The minimum absolute atomic E-state index is 0.300. The summed E-state index contributed by atoms with van der Waals surface area (Å²) in [5.74, 6) is 2.53. The maximum Gasteiger partial charge on any atom is 0.231 e. The fourth-order valence-corrected chi connectivity index (χ4v) is 2.89. The molecule has 2 N–H and O–H groups in total. The highest BCUT2D eigenvalue weighted by atomic mass is 16.7. The molecule has 5 heteroatoms. The van der Waals surface area contributed by atoms with Crippen LogP contribution in [0.4, 0.5) is 0 Å². The van der Waals surface area contributed by atoms with E-state index in [1.807, 2.05) is 30.5 Å². The van der Waals surface area contributed by atoms with Crippen LogP contribution < -0.4 is 19.5 Å². The summed E-state index contributed by atoms with van der Waals surface area (Å²) in [7, 11) is 1.68. The predicted octanol–water partition coefficient (Wildman–Crippen LogP) is 3.20. The van der Waals surface area contributed by atoms with Gasteiger partial charge in [-0.1, -0.05) is 12.1 Å². The Bertz CT molecular complexity index is 841. The van der Waals surface area contributed by atoms with Crippen molar-refractivity contribution in [2.45, 2.75) is 13.1 Å². The Balaban J connectivity index is 1.49. The van der Waals surface area contributed by atoms with E-state index in [4.69, 9.17) is 14.2 Å². The fraction of sp³-hybridized carbons (Fsp3) is 0.222. The summed E-state index contributed by atoms with van der Waals surface area (Å²) in [6, 6.07) is 12.0. The van der Waals surface area contributed by atoms with E-state index in [9.17, 15) is 0 Å². The molecule has 1 aliphatic heterocycles. The number of H-pyrrole nitrogens is 1. The average Bonchev–Trinajstić information content (AvgIpc) is 3.21. The smallest absolute Gasteiger partial charge is 0.231 e. The molecule has 1 aliphatic rings. The van der Waals surface area contributed by atoms with Crippen LogP contribution >= 0.6 is 0 Å². The van der Waals surface area contributed by atoms with Crippen LogP contribution in [-0.4, -0.2) is 18.9 Å². The van der Waals surface area contributed by atoms with Crippen molar-refractivity contribution in [3.05, 3.63) is 53.7 Å². The number of rotatable bonds is 5. The number of hydrogen-bond acceptors (Lipinski definition) is 4. The maximum absolute atomic E-state index is 5.53. The number of ether oxygens (including phenoxy) is 3. The molecule has 2 aromatic carbocycles. The number of aromatic nitrogens is 1. The Hall–Kier alpha value is -2.66. The molecule has 0 unspecified atom stereocenters. The molecule has 0 aliphatic carbocycles. The number of benzene rings is 2. The third-order valence-corrected chi connectivity index (χ3v) is 4.08. The first-order valence-electron chi connectivity index (χ1n) is 7.57. The average molecular weight is 310 g/mol. The van der Waals surface area contributed by atoms with Crippen LogP contribution in [0.3, 0.4) is 0 Å². The van der Waals surface area contributed by atoms with Crippen molar-refractivity contribution in [1.29, 1.82) is 0 Å². The topological polar surface area (TPSA) is 55.5 Å². The Labute approximate surface area is 134 Å². The molecule has 4 rings (SSSR count). The van der Waals surface area contributed by atoms with Gasteiger partial charge in [0.25, 0.3) is 0 Å². The molecular weight excluding hydrogens is 292 g/mol. The van der Waals surface area contributed by atoms with Gasteiger partial charge in [-0.05, 0) is 29.8 Å². The van der Waals surface area contributed by atoms with E-state index in [1.54, 1.807) is 7.11 Å². The van der Waals surface area contributed by atoms with Crippen LogP contribution in [-0.2, 0) is 13.1 Å². The lowest BCUT2D eigenvalue weighted by molar-refractivity contribution is 0.173. The van der Waals surface area contributed by atoms with E-state index in [1.165, 1.54) is 10.9 Å². The monoisotopic (exact) mass is 310 g/mol. The highest BCUT2D eigenvalue weighted by Crippen LogP contribution is 2.35. The number of nitrogens with one attached hydrogen (secondary N) is 2. The van der Waals surface area contributed by atoms with E-state index in [0.29, 0.717) is 6.79 Å². The first kappa shape index (κ1) is 14.0. The van der Waals surface area contributed by atoms with Crippen molar-refractivity contribution in [2.75, 3.05) is 13.9 Å². The van der Waals surface area contributed by atoms with Gasteiger partial charge in [0, 0.05) is 35.8 Å². The fourth-order valence-electron chi connectivity index (χ4n) is 2.89. The molecular formula is C18H18N2O3. The minimum Gasteiger partial charge on any atom is -0.497 e. The van der Waals surface area contributed by atoms with Gasteiger partial charge in [0.05, 0.1) is 7.11 Å². The molecule has 118 valence electrons. The summed E-state index contributed by atoms with van der Waals surface area (Å²) in [4.78, 5) is 3.29. The zero-order valence-corrected chi connectivity index (χ0v) is 12.9. The van der Waals surface area contributed by atoms with E-state index >= 15 is 0 Å². The van der Waals surface area contributed by atoms with Crippen molar-refractivity contribution in [2.24, 2.45) is 0 Å². The lowest BCUT2D eigenvalue weighted by atomic mass is 10.1. The molecule has 23 heavy (non-hydrogen) atoms. The zero-order chi connectivity index (χ0) is 15.6. The molecule has 0 atom stereocenters. The van der Waals surface area contributed by atoms with Crippen LogP contribution in [0.15, 0.2) is 42.6 Å². The van der Waals surface area contributed by atoms with E-state index in [2.05, 4.69) is 22.4 Å². The van der Waals surface area contributed by atoms with E-state index in [-0.39, 0.29) is 0 Å². The van der Waals surface area contributed by atoms with Crippen molar-refractivity contribution in [3.8, 4) is 17.2 Å². The summed E-state index contributed by atoms with van der Waals surface area (Å²) in [6.07, 6.45) is 2.03. The van der Waals surface area contributed by atoms with E-state index in [0.717, 1.165) is 41.4 Å². The third-order valence-electron chi connectivity index (χ3n) is 4.08. The second kappa shape index (κ2) is 5.85. The van der Waals surface area contributed by atoms with Crippen LogP contribution in [0.1, 0.15) is 11.1 Å². The number of hydrogen-bond donors (Lipinski definition) is 2. The Kier molecular flexibility index (Phi) is 3.55. The molecule has 1 aromatic heterocycles.